The van der Waals surface area contributed by atoms with Crippen LogP contribution in [-0.2, 0) is 0 Å². The van der Waals surface area contributed by atoms with E-state index in [0.29, 0.717) is 6.04 Å². The average molecular weight is 201 g/mol. The molecule has 1 aromatic heterocycles. The number of aryl methyl sites for hydroxylation is 1. The standard InChI is InChI=1S/C7H9BrN2/c1-5-7(8)4-10(9-5)6-2-3-6/h4,6H,2-3H2,1H3. The Bertz CT molecular complexity index is 231. The monoisotopic (exact) mass is 200 g/mol. The lowest BCUT2D eigenvalue weighted by Crippen LogP contribution is -1.93. The fraction of sp³-hybridized carbons (Fsp3) is 0.571. The number of halogens is 1. The SMILES string of the molecule is Cc1nn(C2CC2)cc1Br. The second-order valence-corrected chi connectivity index (χ2v) is 3.63. The molecule has 2 rings (SSSR count). The molecule has 1 heterocycles. The molecule has 0 spiro atoms. The first-order valence-electron chi connectivity index (χ1n) is 3.48. The fourth-order valence-electron chi connectivity index (χ4n) is 0.986. The highest BCUT2D eigenvalue weighted by Crippen LogP contribution is 2.35. The van der Waals surface area contributed by atoms with Gasteiger partial charge >= 0.3 is 0 Å². The van der Waals surface area contributed by atoms with E-state index in [9.17, 15) is 0 Å². The summed E-state index contributed by atoms with van der Waals surface area (Å²) in [4.78, 5) is 0. The van der Waals surface area contributed by atoms with Crippen molar-refractivity contribution in [3.8, 4) is 0 Å². The number of aromatic nitrogens is 2. The highest BCUT2D eigenvalue weighted by molar-refractivity contribution is 9.10. The maximum absolute atomic E-state index is 4.34. The van der Waals surface area contributed by atoms with Gasteiger partial charge in [-0.2, -0.15) is 5.10 Å². The van der Waals surface area contributed by atoms with Crippen LogP contribution in [0.25, 0.3) is 0 Å². The van der Waals surface area contributed by atoms with Gasteiger partial charge in [-0.1, -0.05) is 0 Å². The summed E-state index contributed by atoms with van der Waals surface area (Å²) in [7, 11) is 0. The van der Waals surface area contributed by atoms with Crippen LogP contribution in [-0.4, -0.2) is 9.78 Å². The van der Waals surface area contributed by atoms with Crippen molar-refractivity contribution in [2.45, 2.75) is 25.8 Å². The Hall–Kier alpha value is -0.310. The lowest BCUT2D eigenvalue weighted by Gasteiger charge is -1.92. The molecule has 2 nitrogen and oxygen atoms in total. The lowest BCUT2D eigenvalue weighted by atomic mass is 10.5. The summed E-state index contributed by atoms with van der Waals surface area (Å²) in [6, 6.07) is 0.699. The van der Waals surface area contributed by atoms with Crippen LogP contribution < -0.4 is 0 Å². The molecule has 1 aliphatic carbocycles. The van der Waals surface area contributed by atoms with Crippen molar-refractivity contribution in [3.05, 3.63) is 16.4 Å². The third kappa shape index (κ3) is 0.985. The Kier molecular flexibility index (Phi) is 1.34. The summed E-state index contributed by atoms with van der Waals surface area (Å²) in [6.45, 7) is 2.02. The largest absolute Gasteiger partial charge is 0.268 e. The molecule has 0 bridgehead atoms. The van der Waals surface area contributed by atoms with Gasteiger partial charge in [-0.05, 0) is 35.7 Å². The molecule has 54 valence electrons. The van der Waals surface area contributed by atoms with Crippen LogP contribution in [0.5, 0.6) is 0 Å². The van der Waals surface area contributed by atoms with Crippen LogP contribution in [0.3, 0.4) is 0 Å². The Morgan fingerprint density at radius 3 is 2.80 bits per heavy atom. The van der Waals surface area contributed by atoms with E-state index in [0.717, 1.165) is 10.2 Å². The molecule has 0 amide bonds. The van der Waals surface area contributed by atoms with E-state index in [2.05, 4.69) is 31.9 Å². The zero-order valence-corrected chi connectivity index (χ0v) is 7.43. The Balaban J connectivity index is 2.34. The van der Waals surface area contributed by atoms with Gasteiger partial charge in [-0.3, -0.25) is 4.68 Å². The van der Waals surface area contributed by atoms with Crippen LogP contribution in [0.2, 0.25) is 0 Å². The van der Waals surface area contributed by atoms with E-state index >= 15 is 0 Å². The van der Waals surface area contributed by atoms with E-state index in [1.807, 2.05) is 6.92 Å². The van der Waals surface area contributed by atoms with Gasteiger partial charge in [0.25, 0.3) is 0 Å². The molecule has 0 aromatic carbocycles. The van der Waals surface area contributed by atoms with Crippen molar-refractivity contribution < 1.29 is 0 Å². The summed E-state index contributed by atoms with van der Waals surface area (Å²) in [5, 5.41) is 4.34. The van der Waals surface area contributed by atoms with Crippen molar-refractivity contribution in [3.63, 3.8) is 0 Å². The maximum atomic E-state index is 4.34. The summed E-state index contributed by atoms with van der Waals surface area (Å²) < 4.78 is 3.18. The minimum atomic E-state index is 0.699. The lowest BCUT2D eigenvalue weighted by molar-refractivity contribution is 0.635. The van der Waals surface area contributed by atoms with Gasteiger partial charge in [0.15, 0.2) is 0 Å². The van der Waals surface area contributed by atoms with Gasteiger partial charge in [0.1, 0.15) is 0 Å². The molecule has 0 radical (unpaired) electrons. The quantitative estimate of drug-likeness (QED) is 0.681. The summed E-state index contributed by atoms with van der Waals surface area (Å²) in [5.74, 6) is 0. The molecule has 1 aliphatic rings. The fourth-order valence-corrected chi connectivity index (χ4v) is 1.27. The average Bonchev–Trinajstić information content (AvgIpc) is 2.64. The Morgan fingerprint density at radius 1 is 1.70 bits per heavy atom. The van der Waals surface area contributed by atoms with Crippen LogP contribution >= 0.6 is 15.9 Å². The van der Waals surface area contributed by atoms with Crippen LogP contribution in [0, 0.1) is 6.92 Å². The first-order chi connectivity index (χ1) is 4.77. The van der Waals surface area contributed by atoms with E-state index in [4.69, 9.17) is 0 Å². The highest BCUT2D eigenvalue weighted by atomic mass is 79.9. The van der Waals surface area contributed by atoms with Crippen molar-refractivity contribution >= 4 is 15.9 Å². The summed E-state index contributed by atoms with van der Waals surface area (Å²) >= 11 is 3.43. The minimum absolute atomic E-state index is 0.699. The summed E-state index contributed by atoms with van der Waals surface area (Å²) in [5.41, 5.74) is 1.09. The third-order valence-corrected chi connectivity index (χ3v) is 2.56. The Labute approximate surface area is 68.4 Å². The van der Waals surface area contributed by atoms with Crippen molar-refractivity contribution in [1.82, 2.24) is 9.78 Å². The topological polar surface area (TPSA) is 17.8 Å². The van der Waals surface area contributed by atoms with Crippen LogP contribution in [0.1, 0.15) is 24.6 Å². The first-order valence-corrected chi connectivity index (χ1v) is 4.28. The normalized spacial score (nSPS) is 17.8. The van der Waals surface area contributed by atoms with Gasteiger partial charge in [0.05, 0.1) is 16.2 Å². The molecule has 0 atom stereocenters. The van der Waals surface area contributed by atoms with E-state index in [1.165, 1.54) is 12.8 Å². The molecule has 0 aliphatic heterocycles. The predicted molar refractivity (Wildman–Crippen MR) is 42.9 cm³/mol. The zero-order valence-electron chi connectivity index (χ0n) is 5.84. The smallest absolute Gasteiger partial charge is 0.0735 e. The van der Waals surface area contributed by atoms with E-state index in [1.54, 1.807) is 0 Å². The molecule has 0 N–H and O–H groups in total. The van der Waals surface area contributed by atoms with Gasteiger partial charge in [0, 0.05) is 6.20 Å². The second-order valence-electron chi connectivity index (χ2n) is 2.77. The first kappa shape index (κ1) is 6.40. The Morgan fingerprint density at radius 2 is 2.40 bits per heavy atom. The van der Waals surface area contributed by atoms with E-state index in [-0.39, 0.29) is 0 Å². The molecule has 1 aromatic rings. The molecule has 0 unspecified atom stereocenters. The number of hydrogen-bond acceptors (Lipinski definition) is 1. The van der Waals surface area contributed by atoms with Crippen molar-refractivity contribution in [2.24, 2.45) is 0 Å². The molecular weight excluding hydrogens is 192 g/mol. The van der Waals surface area contributed by atoms with Gasteiger partial charge in [0.2, 0.25) is 0 Å². The van der Waals surface area contributed by atoms with Crippen LogP contribution in [0.4, 0.5) is 0 Å². The molecule has 3 heteroatoms. The predicted octanol–water partition coefficient (Wildman–Crippen LogP) is 2.29. The summed E-state index contributed by atoms with van der Waals surface area (Å²) in [6.07, 6.45) is 4.66. The molecule has 1 fully saturated rings. The molecule has 10 heavy (non-hydrogen) atoms. The number of rotatable bonds is 1. The van der Waals surface area contributed by atoms with E-state index < -0.39 is 0 Å². The highest BCUT2D eigenvalue weighted by Gasteiger charge is 2.24. The van der Waals surface area contributed by atoms with Gasteiger partial charge in [-0.25, -0.2) is 0 Å². The maximum Gasteiger partial charge on any atom is 0.0735 e. The van der Waals surface area contributed by atoms with Crippen LogP contribution in [0.15, 0.2) is 10.7 Å². The van der Waals surface area contributed by atoms with Crippen molar-refractivity contribution in [2.75, 3.05) is 0 Å². The number of hydrogen-bond donors (Lipinski definition) is 0. The molecule has 0 saturated heterocycles. The molecule has 1 saturated carbocycles. The molecular formula is C7H9BrN2. The van der Waals surface area contributed by atoms with Crippen molar-refractivity contribution in [1.29, 1.82) is 0 Å². The minimum Gasteiger partial charge on any atom is -0.268 e. The van der Waals surface area contributed by atoms with Gasteiger partial charge < -0.3 is 0 Å². The zero-order chi connectivity index (χ0) is 7.14. The van der Waals surface area contributed by atoms with Gasteiger partial charge in [-0.15, -0.1) is 0 Å². The number of nitrogens with zero attached hydrogens (tertiary/aromatic N) is 2. The second kappa shape index (κ2) is 2.09. The third-order valence-electron chi connectivity index (χ3n) is 1.78.